The largest absolute Gasteiger partial charge is 0.356 e. The number of benzene rings is 1. The molecule has 0 aliphatic rings. The maximum absolute atomic E-state index is 12.3. The minimum atomic E-state index is -3.52. The molecule has 0 saturated heterocycles. The monoisotopic (exact) mass is 480 g/mol. The predicted octanol–water partition coefficient (Wildman–Crippen LogP) is 6.13. The summed E-state index contributed by atoms with van der Waals surface area (Å²) in [5.74, 6) is -0.164. The second-order valence-corrected chi connectivity index (χ2v) is 10.5. The van der Waals surface area contributed by atoms with E-state index in [1.807, 2.05) is 0 Å². The van der Waals surface area contributed by atoms with Gasteiger partial charge in [-0.05, 0) is 50.7 Å². The number of hydrogen-bond acceptors (Lipinski definition) is 5. The molecule has 1 aromatic rings. The van der Waals surface area contributed by atoms with E-state index in [0.29, 0.717) is 19.4 Å². The summed E-state index contributed by atoms with van der Waals surface area (Å²) in [6.45, 7) is 2.53. The Hall–Kier alpha value is -2.22. The molecule has 0 unspecified atom stereocenters. The number of rotatable bonds is 19. The van der Waals surface area contributed by atoms with Gasteiger partial charge in [0.2, 0.25) is 5.91 Å². The fourth-order valence-corrected chi connectivity index (χ4v) is 4.79. The minimum Gasteiger partial charge on any atom is -0.356 e. The molecule has 0 spiro atoms. The van der Waals surface area contributed by atoms with Crippen molar-refractivity contribution in [2.24, 2.45) is 0 Å². The van der Waals surface area contributed by atoms with Gasteiger partial charge in [-0.15, -0.1) is 0 Å². The van der Waals surface area contributed by atoms with Gasteiger partial charge in [-0.3, -0.25) is 14.9 Å². The van der Waals surface area contributed by atoms with E-state index in [1.165, 1.54) is 62.8 Å². The first-order valence-corrected chi connectivity index (χ1v) is 13.9. The third-order valence-electron chi connectivity index (χ3n) is 5.48. The SMILES string of the molecule is CCCCCCC/C=C/CCCCCCC(=O)NCCCS(=O)(=O)c1ccc([N+](=O)[O-])cc1. The Bertz CT molecular complexity index is 820. The number of carbonyl (C=O) groups excluding carboxylic acids is 1. The van der Waals surface area contributed by atoms with Gasteiger partial charge in [0.25, 0.3) is 5.69 Å². The van der Waals surface area contributed by atoms with Crippen molar-refractivity contribution < 1.29 is 18.1 Å². The van der Waals surface area contributed by atoms with Crippen LogP contribution in [0, 0.1) is 10.1 Å². The van der Waals surface area contributed by atoms with E-state index in [2.05, 4.69) is 24.4 Å². The van der Waals surface area contributed by atoms with Gasteiger partial charge in [-0.25, -0.2) is 8.42 Å². The van der Waals surface area contributed by atoms with Crippen molar-refractivity contribution in [1.29, 1.82) is 0 Å². The lowest BCUT2D eigenvalue weighted by Crippen LogP contribution is -2.25. The first-order chi connectivity index (χ1) is 15.9. The third-order valence-corrected chi connectivity index (χ3v) is 7.30. The van der Waals surface area contributed by atoms with Gasteiger partial charge in [0, 0.05) is 25.1 Å². The first-order valence-electron chi connectivity index (χ1n) is 12.3. The molecular weight excluding hydrogens is 440 g/mol. The maximum atomic E-state index is 12.3. The number of unbranched alkanes of at least 4 members (excludes halogenated alkanes) is 9. The average molecular weight is 481 g/mol. The lowest BCUT2D eigenvalue weighted by molar-refractivity contribution is -0.384. The Morgan fingerprint density at radius 1 is 0.909 bits per heavy atom. The van der Waals surface area contributed by atoms with Crippen molar-refractivity contribution >= 4 is 21.4 Å². The second-order valence-electron chi connectivity index (χ2n) is 8.40. The molecule has 0 aliphatic heterocycles. The Kier molecular flexibility index (Phi) is 15.1. The van der Waals surface area contributed by atoms with Crippen molar-refractivity contribution in [2.75, 3.05) is 12.3 Å². The number of amides is 1. The summed E-state index contributed by atoms with van der Waals surface area (Å²) in [4.78, 5) is 22.1. The zero-order chi connectivity index (χ0) is 24.4. The Morgan fingerprint density at radius 3 is 2.06 bits per heavy atom. The molecule has 0 aromatic heterocycles. The number of sulfone groups is 1. The number of allylic oxidation sites excluding steroid dienone is 2. The Balaban J connectivity index is 2.04. The standard InChI is InChI=1S/C25H40N2O5S/c1-2-3-4-5-6-7-8-9-10-11-12-13-14-16-25(28)26-21-15-22-33(31,32)24-19-17-23(18-20-24)27(29)30/h8-9,17-20H,2-7,10-16,21-22H2,1H3,(H,26,28)/b9-8+. The second kappa shape index (κ2) is 17.3. The average Bonchev–Trinajstić information content (AvgIpc) is 2.80. The van der Waals surface area contributed by atoms with Crippen LogP contribution >= 0.6 is 0 Å². The molecule has 1 amide bonds. The number of nitrogens with one attached hydrogen (secondary N) is 1. The molecular formula is C25H40N2O5S. The molecule has 0 heterocycles. The van der Waals surface area contributed by atoms with Crippen molar-refractivity contribution in [3.05, 3.63) is 46.5 Å². The van der Waals surface area contributed by atoms with Crippen LogP contribution < -0.4 is 5.32 Å². The zero-order valence-electron chi connectivity index (χ0n) is 20.0. The highest BCUT2D eigenvalue weighted by molar-refractivity contribution is 7.91. The van der Waals surface area contributed by atoms with Crippen LogP contribution in [0.15, 0.2) is 41.3 Å². The van der Waals surface area contributed by atoms with Crippen LogP contribution in [0.25, 0.3) is 0 Å². The van der Waals surface area contributed by atoms with E-state index >= 15 is 0 Å². The summed E-state index contributed by atoms with van der Waals surface area (Å²) in [5, 5.41) is 13.4. The van der Waals surface area contributed by atoms with Crippen LogP contribution in [-0.2, 0) is 14.6 Å². The summed E-state index contributed by atoms with van der Waals surface area (Å²) in [5.41, 5.74) is -0.147. The van der Waals surface area contributed by atoms with Crippen molar-refractivity contribution in [1.82, 2.24) is 5.32 Å². The molecule has 0 fully saturated rings. The number of non-ortho nitro benzene ring substituents is 1. The number of nitrogens with zero attached hydrogens (tertiary/aromatic N) is 1. The van der Waals surface area contributed by atoms with Gasteiger partial charge < -0.3 is 5.32 Å². The predicted molar refractivity (Wildman–Crippen MR) is 133 cm³/mol. The zero-order valence-corrected chi connectivity index (χ0v) is 20.8. The van der Waals surface area contributed by atoms with Crippen LogP contribution in [0.2, 0.25) is 0 Å². The van der Waals surface area contributed by atoms with Gasteiger partial charge in [0.15, 0.2) is 9.84 Å². The van der Waals surface area contributed by atoms with Crippen LogP contribution in [0.3, 0.4) is 0 Å². The molecule has 8 heteroatoms. The van der Waals surface area contributed by atoms with Gasteiger partial charge >= 0.3 is 0 Å². The van der Waals surface area contributed by atoms with E-state index in [9.17, 15) is 23.3 Å². The molecule has 186 valence electrons. The summed E-state index contributed by atoms with van der Waals surface area (Å²) in [7, 11) is -3.52. The lowest BCUT2D eigenvalue weighted by Gasteiger charge is -2.07. The summed E-state index contributed by atoms with van der Waals surface area (Å²) in [6.07, 6.45) is 18.3. The van der Waals surface area contributed by atoms with Crippen LogP contribution in [0.4, 0.5) is 5.69 Å². The van der Waals surface area contributed by atoms with E-state index in [1.54, 1.807) is 0 Å². The van der Waals surface area contributed by atoms with Crippen LogP contribution in [0.5, 0.6) is 0 Å². The number of nitro benzene ring substituents is 1. The van der Waals surface area contributed by atoms with Crippen molar-refractivity contribution in [3.63, 3.8) is 0 Å². The fraction of sp³-hybridized carbons (Fsp3) is 0.640. The molecule has 1 rings (SSSR count). The van der Waals surface area contributed by atoms with E-state index in [0.717, 1.165) is 32.1 Å². The van der Waals surface area contributed by atoms with E-state index in [4.69, 9.17) is 0 Å². The molecule has 0 saturated carbocycles. The summed E-state index contributed by atoms with van der Waals surface area (Å²) in [6, 6.07) is 4.86. The molecule has 33 heavy (non-hydrogen) atoms. The van der Waals surface area contributed by atoms with Crippen molar-refractivity contribution in [2.45, 2.75) is 95.3 Å². The van der Waals surface area contributed by atoms with E-state index in [-0.39, 0.29) is 22.2 Å². The molecule has 0 atom stereocenters. The molecule has 0 bridgehead atoms. The fourth-order valence-electron chi connectivity index (χ4n) is 3.47. The van der Waals surface area contributed by atoms with E-state index < -0.39 is 14.8 Å². The highest BCUT2D eigenvalue weighted by atomic mass is 32.2. The summed E-state index contributed by atoms with van der Waals surface area (Å²) < 4.78 is 24.6. The Labute approximate surface area is 199 Å². The Morgan fingerprint density at radius 2 is 1.48 bits per heavy atom. The first kappa shape index (κ1) is 28.8. The van der Waals surface area contributed by atoms with Crippen LogP contribution in [-0.4, -0.2) is 31.5 Å². The van der Waals surface area contributed by atoms with Gasteiger partial charge in [-0.1, -0.05) is 57.6 Å². The quantitative estimate of drug-likeness (QED) is 0.111. The molecule has 0 radical (unpaired) electrons. The molecule has 0 aliphatic carbocycles. The van der Waals surface area contributed by atoms with Gasteiger partial charge in [0.1, 0.15) is 0 Å². The normalized spacial score (nSPS) is 11.7. The third kappa shape index (κ3) is 13.8. The molecule has 7 nitrogen and oxygen atoms in total. The number of carbonyl (C=O) groups is 1. The maximum Gasteiger partial charge on any atom is 0.269 e. The van der Waals surface area contributed by atoms with Crippen LogP contribution in [0.1, 0.15) is 90.4 Å². The minimum absolute atomic E-state index is 0.0503. The highest BCUT2D eigenvalue weighted by Gasteiger charge is 2.16. The lowest BCUT2D eigenvalue weighted by atomic mass is 10.1. The summed E-state index contributed by atoms with van der Waals surface area (Å²) >= 11 is 0. The topological polar surface area (TPSA) is 106 Å². The van der Waals surface area contributed by atoms with Gasteiger partial charge in [-0.2, -0.15) is 0 Å². The number of nitro groups is 1. The number of hydrogen-bond donors (Lipinski definition) is 1. The smallest absolute Gasteiger partial charge is 0.269 e. The van der Waals surface area contributed by atoms with Crippen molar-refractivity contribution in [3.8, 4) is 0 Å². The molecule has 1 N–H and O–H groups in total. The van der Waals surface area contributed by atoms with Gasteiger partial charge in [0.05, 0.1) is 15.6 Å². The molecule has 1 aromatic carbocycles. The highest BCUT2D eigenvalue weighted by Crippen LogP contribution is 2.17.